The minimum absolute atomic E-state index is 0.0504. The number of ether oxygens (including phenoxy) is 1. The van der Waals surface area contributed by atoms with Crippen molar-refractivity contribution in [1.82, 2.24) is 4.90 Å². The van der Waals surface area contributed by atoms with Crippen molar-refractivity contribution in [2.24, 2.45) is 5.73 Å². The van der Waals surface area contributed by atoms with E-state index in [-0.39, 0.29) is 12.7 Å². The Morgan fingerprint density at radius 2 is 2.16 bits per heavy atom. The van der Waals surface area contributed by atoms with Gasteiger partial charge in [0, 0.05) is 19.6 Å². The van der Waals surface area contributed by atoms with Gasteiger partial charge >= 0.3 is 0 Å². The van der Waals surface area contributed by atoms with Gasteiger partial charge in [-0.15, -0.1) is 0 Å². The summed E-state index contributed by atoms with van der Waals surface area (Å²) in [5.41, 5.74) is 6.69. The molecule has 1 fully saturated rings. The lowest BCUT2D eigenvalue weighted by atomic mass is 9.91. The second-order valence-corrected chi connectivity index (χ2v) is 5.32. The van der Waals surface area contributed by atoms with Crippen LogP contribution in [-0.2, 0) is 10.3 Å². The van der Waals surface area contributed by atoms with Crippen LogP contribution in [0, 0.1) is 0 Å². The maximum absolute atomic E-state index is 9.71. The molecular formula is C15H24N2O2. The SMILES string of the molecule is CCC1CN(CC(N)(CO)c2ccccc2)CCO1. The fourth-order valence-corrected chi connectivity index (χ4v) is 2.57. The number of aliphatic hydroxyl groups is 1. The molecule has 19 heavy (non-hydrogen) atoms. The van der Waals surface area contributed by atoms with E-state index in [0.29, 0.717) is 6.54 Å². The highest BCUT2D eigenvalue weighted by atomic mass is 16.5. The van der Waals surface area contributed by atoms with E-state index in [1.807, 2.05) is 30.3 Å². The molecule has 0 saturated carbocycles. The van der Waals surface area contributed by atoms with Crippen LogP contribution in [0.2, 0.25) is 0 Å². The highest BCUT2D eigenvalue weighted by Gasteiger charge is 2.31. The molecule has 1 heterocycles. The second-order valence-electron chi connectivity index (χ2n) is 5.32. The quantitative estimate of drug-likeness (QED) is 0.831. The summed E-state index contributed by atoms with van der Waals surface area (Å²) < 4.78 is 5.67. The second kappa shape index (κ2) is 6.48. The Morgan fingerprint density at radius 3 is 2.79 bits per heavy atom. The lowest BCUT2D eigenvalue weighted by molar-refractivity contribution is -0.0392. The summed E-state index contributed by atoms with van der Waals surface area (Å²) in [6, 6.07) is 9.84. The molecule has 2 rings (SSSR count). The van der Waals surface area contributed by atoms with E-state index in [1.165, 1.54) is 0 Å². The topological polar surface area (TPSA) is 58.7 Å². The van der Waals surface area contributed by atoms with E-state index in [4.69, 9.17) is 10.5 Å². The molecule has 2 atom stereocenters. The summed E-state index contributed by atoms with van der Waals surface area (Å²) in [4.78, 5) is 2.29. The molecule has 1 aliphatic heterocycles. The Hall–Kier alpha value is -0.940. The Bertz CT molecular complexity index is 385. The maximum Gasteiger partial charge on any atom is 0.0772 e. The zero-order valence-corrected chi connectivity index (χ0v) is 11.6. The van der Waals surface area contributed by atoms with Crippen LogP contribution in [0.5, 0.6) is 0 Å². The largest absolute Gasteiger partial charge is 0.394 e. The van der Waals surface area contributed by atoms with Crippen LogP contribution in [0.15, 0.2) is 30.3 Å². The average Bonchev–Trinajstić information content (AvgIpc) is 2.48. The van der Waals surface area contributed by atoms with Gasteiger partial charge in [0.15, 0.2) is 0 Å². The summed E-state index contributed by atoms with van der Waals surface area (Å²) in [5.74, 6) is 0. The van der Waals surface area contributed by atoms with E-state index < -0.39 is 5.54 Å². The van der Waals surface area contributed by atoms with Crippen molar-refractivity contribution >= 4 is 0 Å². The van der Waals surface area contributed by atoms with Crippen LogP contribution in [0.3, 0.4) is 0 Å². The fourth-order valence-electron chi connectivity index (χ4n) is 2.57. The van der Waals surface area contributed by atoms with Crippen LogP contribution in [0.25, 0.3) is 0 Å². The molecular weight excluding hydrogens is 240 g/mol. The molecule has 0 amide bonds. The van der Waals surface area contributed by atoms with Gasteiger partial charge in [-0.2, -0.15) is 0 Å². The third-order valence-electron chi connectivity index (χ3n) is 3.81. The Morgan fingerprint density at radius 1 is 1.42 bits per heavy atom. The molecule has 1 aromatic rings. The zero-order valence-electron chi connectivity index (χ0n) is 11.6. The first-order valence-electron chi connectivity index (χ1n) is 6.97. The first kappa shape index (κ1) is 14.5. The third kappa shape index (κ3) is 3.54. The molecule has 3 N–H and O–H groups in total. The van der Waals surface area contributed by atoms with Gasteiger partial charge in [-0.25, -0.2) is 0 Å². The molecule has 0 bridgehead atoms. The van der Waals surface area contributed by atoms with Gasteiger partial charge in [-0.1, -0.05) is 37.3 Å². The summed E-state index contributed by atoms with van der Waals surface area (Å²) in [6.45, 7) is 5.25. The number of hydrogen-bond donors (Lipinski definition) is 2. The number of nitrogens with two attached hydrogens (primary N) is 1. The predicted octanol–water partition coefficient (Wildman–Crippen LogP) is 0.944. The molecule has 1 aliphatic rings. The minimum Gasteiger partial charge on any atom is -0.394 e. The molecule has 1 saturated heterocycles. The van der Waals surface area contributed by atoms with Crippen LogP contribution in [0.4, 0.5) is 0 Å². The van der Waals surface area contributed by atoms with Gasteiger partial charge in [0.2, 0.25) is 0 Å². The fraction of sp³-hybridized carbons (Fsp3) is 0.600. The number of rotatable bonds is 5. The highest BCUT2D eigenvalue weighted by molar-refractivity contribution is 5.24. The monoisotopic (exact) mass is 264 g/mol. The smallest absolute Gasteiger partial charge is 0.0772 e. The number of nitrogens with zero attached hydrogens (tertiary/aromatic N) is 1. The van der Waals surface area contributed by atoms with Gasteiger partial charge < -0.3 is 15.6 Å². The number of morpholine rings is 1. The van der Waals surface area contributed by atoms with Crippen LogP contribution in [-0.4, -0.2) is 49.0 Å². The average molecular weight is 264 g/mol. The van der Waals surface area contributed by atoms with Crippen LogP contribution >= 0.6 is 0 Å². The lowest BCUT2D eigenvalue weighted by Gasteiger charge is -2.38. The lowest BCUT2D eigenvalue weighted by Crippen LogP contribution is -2.54. The summed E-state index contributed by atoms with van der Waals surface area (Å²) in [5, 5.41) is 9.71. The molecule has 0 radical (unpaired) electrons. The van der Waals surface area contributed by atoms with Crippen molar-refractivity contribution in [2.75, 3.05) is 32.8 Å². The number of aliphatic hydroxyl groups excluding tert-OH is 1. The van der Waals surface area contributed by atoms with E-state index in [1.54, 1.807) is 0 Å². The van der Waals surface area contributed by atoms with Crippen molar-refractivity contribution in [3.8, 4) is 0 Å². The van der Waals surface area contributed by atoms with Crippen molar-refractivity contribution in [2.45, 2.75) is 25.0 Å². The molecule has 0 aromatic heterocycles. The van der Waals surface area contributed by atoms with Gasteiger partial charge in [0.25, 0.3) is 0 Å². The predicted molar refractivity (Wildman–Crippen MR) is 75.9 cm³/mol. The standard InChI is InChI=1S/C15H24N2O2/c1-2-14-10-17(8-9-19-14)11-15(16,12-18)13-6-4-3-5-7-13/h3-7,14,18H,2,8-12,16H2,1H3. The van der Waals surface area contributed by atoms with E-state index in [0.717, 1.165) is 31.7 Å². The van der Waals surface area contributed by atoms with E-state index in [9.17, 15) is 5.11 Å². The Kier molecular flexibility index (Phi) is 4.93. The van der Waals surface area contributed by atoms with Gasteiger partial charge in [0.1, 0.15) is 0 Å². The minimum atomic E-state index is -0.698. The number of benzene rings is 1. The van der Waals surface area contributed by atoms with Gasteiger partial charge in [-0.3, -0.25) is 4.90 Å². The molecule has 4 nitrogen and oxygen atoms in total. The van der Waals surface area contributed by atoms with E-state index >= 15 is 0 Å². The summed E-state index contributed by atoms with van der Waals surface area (Å²) >= 11 is 0. The molecule has 106 valence electrons. The third-order valence-corrected chi connectivity index (χ3v) is 3.81. The van der Waals surface area contributed by atoms with Crippen molar-refractivity contribution < 1.29 is 9.84 Å². The van der Waals surface area contributed by atoms with Gasteiger partial charge in [-0.05, 0) is 12.0 Å². The van der Waals surface area contributed by atoms with Crippen molar-refractivity contribution in [3.63, 3.8) is 0 Å². The van der Waals surface area contributed by atoms with E-state index in [2.05, 4.69) is 11.8 Å². The molecule has 0 spiro atoms. The first-order valence-corrected chi connectivity index (χ1v) is 6.97. The molecule has 2 unspecified atom stereocenters. The molecule has 1 aromatic carbocycles. The van der Waals surface area contributed by atoms with Crippen LogP contribution < -0.4 is 5.73 Å². The van der Waals surface area contributed by atoms with Crippen LogP contribution in [0.1, 0.15) is 18.9 Å². The molecule has 0 aliphatic carbocycles. The summed E-state index contributed by atoms with van der Waals surface area (Å²) in [6.07, 6.45) is 1.30. The maximum atomic E-state index is 9.71. The molecule has 4 heteroatoms. The van der Waals surface area contributed by atoms with Gasteiger partial charge in [0.05, 0.1) is 24.9 Å². The number of hydrogen-bond acceptors (Lipinski definition) is 4. The Labute approximate surface area is 115 Å². The first-order chi connectivity index (χ1) is 9.18. The highest BCUT2D eigenvalue weighted by Crippen LogP contribution is 2.20. The zero-order chi connectivity index (χ0) is 13.7. The van der Waals surface area contributed by atoms with Crippen molar-refractivity contribution in [1.29, 1.82) is 0 Å². The normalized spacial score (nSPS) is 24.1. The Balaban J connectivity index is 2.06. The summed E-state index contributed by atoms with van der Waals surface area (Å²) in [7, 11) is 0. The van der Waals surface area contributed by atoms with Crippen molar-refractivity contribution in [3.05, 3.63) is 35.9 Å².